The molecule has 0 bridgehead atoms. The highest BCUT2D eigenvalue weighted by molar-refractivity contribution is 5.75. The van der Waals surface area contributed by atoms with Crippen LogP contribution in [0.1, 0.15) is 31.7 Å². The molecule has 98 valence electrons. The minimum absolute atomic E-state index is 0.0595. The Kier molecular flexibility index (Phi) is 5.91. The van der Waals surface area contributed by atoms with Gasteiger partial charge < -0.3 is 10.0 Å². The highest BCUT2D eigenvalue weighted by Crippen LogP contribution is 2.07. The maximum atomic E-state index is 11.8. The quantitative estimate of drug-likeness (QED) is 0.806. The molecule has 1 aromatic rings. The molecule has 0 aliphatic rings. The third-order valence-corrected chi connectivity index (χ3v) is 2.69. The zero-order chi connectivity index (χ0) is 13.4. The molecule has 0 saturated heterocycles. The van der Waals surface area contributed by atoms with Crippen LogP contribution in [0.2, 0.25) is 0 Å². The fourth-order valence-corrected chi connectivity index (χ4v) is 1.74. The summed E-state index contributed by atoms with van der Waals surface area (Å²) in [6, 6.07) is 9.72. The lowest BCUT2D eigenvalue weighted by Crippen LogP contribution is -2.31. The fraction of sp³-hybridized carbons (Fsp3) is 0.429. The van der Waals surface area contributed by atoms with Gasteiger partial charge in [0.15, 0.2) is 0 Å². The fourth-order valence-electron chi connectivity index (χ4n) is 1.74. The summed E-state index contributed by atoms with van der Waals surface area (Å²) in [6.45, 7) is 2.86. The molecule has 18 heavy (non-hydrogen) atoms. The predicted molar refractivity (Wildman–Crippen MR) is 69.0 cm³/mol. The molecule has 0 spiro atoms. The molecule has 0 radical (unpaired) electrons. The number of amides is 1. The summed E-state index contributed by atoms with van der Waals surface area (Å²) >= 11 is 0. The standard InChI is InChI=1S/C14H19NO3/c1-2-13(16)15(10-6-9-14(17)18)11-12-7-4-3-5-8-12/h3-5,7-8H,2,6,9-11H2,1H3,(H,17,18). The van der Waals surface area contributed by atoms with Crippen LogP contribution in [0.4, 0.5) is 0 Å². The van der Waals surface area contributed by atoms with Crippen molar-refractivity contribution >= 4 is 11.9 Å². The molecule has 1 N–H and O–H groups in total. The van der Waals surface area contributed by atoms with Crippen molar-refractivity contribution < 1.29 is 14.7 Å². The average molecular weight is 249 g/mol. The van der Waals surface area contributed by atoms with Crippen LogP contribution in [0, 0.1) is 0 Å². The van der Waals surface area contributed by atoms with Crippen molar-refractivity contribution in [2.75, 3.05) is 6.54 Å². The Bertz CT molecular complexity index is 389. The van der Waals surface area contributed by atoms with Gasteiger partial charge in [0.2, 0.25) is 5.91 Å². The van der Waals surface area contributed by atoms with Gasteiger partial charge in [0.1, 0.15) is 0 Å². The van der Waals surface area contributed by atoms with Crippen LogP contribution < -0.4 is 0 Å². The Hall–Kier alpha value is -1.84. The normalized spacial score (nSPS) is 10.1. The number of nitrogens with zero attached hydrogens (tertiary/aromatic N) is 1. The van der Waals surface area contributed by atoms with Gasteiger partial charge in [-0.2, -0.15) is 0 Å². The van der Waals surface area contributed by atoms with Crippen molar-refractivity contribution in [1.82, 2.24) is 4.90 Å². The molecular formula is C14H19NO3. The van der Waals surface area contributed by atoms with E-state index >= 15 is 0 Å². The molecule has 4 heteroatoms. The van der Waals surface area contributed by atoms with Gasteiger partial charge in [-0.3, -0.25) is 9.59 Å². The van der Waals surface area contributed by atoms with E-state index in [2.05, 4.69) is 0 Å². The summed E-state index contributed by atoms with van der Waals surface area (Å²) in [5.41, 5.74) is 1.06. The smallest absolute Gasteiger partial charge is 0.303 e. The van der Waals surface area contributed by atoms with E-state index in [0.717, 1.165) is 5.56 Å². The SMILES string of the molecule is CCC(=O)N(CCCC(=O)O)Cc1ccccc1. The summed E-state index contributed by atoms with van der Waals surface area (Å²) in [4.78, 5) is 24.0. The largest absolute Gasteiger partial charge is 0.481 e. The highest BCUT2D eigenvalue weighted by atomic mass is 16.4. The number of carbonyl (C=O) groups excluding carboxylic acids is 1. The number of carbonyl (C=O) groups is 2. The van der Waals surface area contributed by atoms with Crippen LogP contribution in [-0.4, -0.2) is 28.4 Å². The molecule has 0 heterocycles. The molecule has 0 atom stereocenters. The second-order valence-corrected chi connectivity index (χ2v) is 4.15. The molecule has 0 unspecified atom stereocenters. The van der Waals surface area contributed by atoms with E-state index < -0.39 is 5.97 Å². The molecular weight excluding hydrogens is 230 g/mol. The minimum atomic E-state index is -0.821. The number of rotatable bonds is 7. The number of benzene rings is 1. The first-order valence-electron chi connectivity index (χ1n) is 6.17. The Morgan fingerprint density at radius 2 is 1.89 bits per heavy atom. The zero-order valence-corrected chi connectivity index (χ0v) is 10.6. The first-order valence-corrected chi connectivity index (χ1v) is 6.17. The topological polar surface area (TPSA) is 57.6 Å². The van der Waals surface area contributed by atoms with Crippen molar-refractivity contribution in [3.05, 3.63) is 35.9 Å². The first kappa shape index (κ1) is 14.2. The lowest BCUT2D eigenvalue weighted by atomic mass is 10.2. The molecule has 1 rings (SSSR count). The van der Waals surface area contributed by atoms with Crippen LogP contribution in [0.15, 0.2) is 30.3 Å². The molecule has 4 nitrogen and oxygen atoms in total. The summed E-state index contributed by atoms with van der Waals surface area (Å²) in [5, 5.41) is 8.61. The van der Waals surface area contributed by atoms with Crippen molar-refractivity contribution in [3.63, 3.8) is 0 Å². The van der Waals surface area contributed by atoms with Crippen LogP contribution >= 0.6 is 0 Å². The van der Waals surface area contributed by atoms with Crippen molar-refractivity contribution in [1.29, 1.82) is 0 Å². The van der Waals surface area contributed by atoms with E-state index in [0.29, 0.717) is 25.9 Å². The molecule has 1 aromatic carbocycles. The maximum Gasteiger partial charge on any atom is 0.303 e. The number of hydrogen-bond acceptors (Lipinski definition) is 2. The van der Waals surface area contributed by atoms with Gasteiger partial charge in [-0.1, -0.05) is 37.3 Å². The first-order chi connectivity index (χ1) is 8.63. The molecule has 0 fully saturated rings. The maximum absolute atomic E-state index is 11.8. The predicted octanol–water partition coefficient (Wildman–Crippen LogP) is 2.29. The van der Waals surface area contributed by atoms with E-state index in [1.165, 1.54) is 0 Å². The molecule has 0 aliphatic heterocycles. The highest BCUT2D eigenvalue weighted by Gasteiger charge is 2.12. The second kappa shape index (κ2) is 7.48. The molecule has 0 aliphatic carbocycles. The summed E-state index contributed by atoms with van der Waals surface area (Å²) < 4.78 is 0. The Labute approximate surface area is 107 Å². The molecule has 0 aromatic heterocycles. The van der Waals surface area contributed by atoms with E-state index in [-0.39, 0.29) is 12.3 Å². The van der Waals surface area contributed by atoms with Crippen LogP contribution in [-0.2, 0) is 16.1 Å². The van der Waals surface area contributed by atoms with Crippen LogP contribution in [0.3, 0.4) is 0 Å². The van der Waals surface area contributed by atoms with Crippen LogP contribution in [0.5, 0.6) is 0 Å². The Balaban J connectivity index is 2.56. The van der Waals surface area contributed by atoms with Gasteiger partial charge in [-0.25, -0.2) is 0 Å². The molecule has 1 amide bonds. The number of aliphatic carboxylic acids is 1. The number of carboxylic acid groups (broad SMARTS) is 1. The summed E-state index contributed by atoms with van der Waals surface area (Å²) in [6.07, 6.45) is 1.04. The monoisotopic (exact) mass is 249 g/mol. The minimum Gasteiger partial charge on any atom is -0.481 e. The lowest BCUT2D eigenvalue weighted by molar-refractivity contribution is -0.138. The molecule has 0 saturated carbocycles. The van der Waals surface area contributed by atoms with Crippen molar-refractivity contribution in [3.8, 4) is 0 Å². The van der Waals surface area contributed by atoms with E-state index in [9.17, 15) is 9.59 Å². The van der Waals surface area contributed by atoms with E-state index in [4.69, 9.17) is 5.11 Å². The Morgan fingerprint density at radius 1 is 1.22 bits per heavy atom. The number of carboxylic acids is 1. The average Bonchev–Trinajstić information content (AvgIpc) is 2.37. The lowest BCUT2D eigenvalue weighted by Gasteiger charge is -2.22. The third kappa shape index (κ3) is 4.99. The third-order valence-electron chi connectivity index (χ3n) is 2.69. The number of hydrogen-bond donors (Lipinski definition) is 1. The van der Waals surface area contributed by atoms with E-state index in [1.54, 1.807) is 4.90 Å². The van der Waals surface area contributed by atoms with Crippen LogP contribution in [0.25, 0.3) is 0 Å². The van der Waals surface area contributed by atoms with Gasteiger partial charge >= 0.3 is 5.97 Å². The van der Waals surface area contributed by atoms with Gasteiger partial charge in [-0.15, -0.1) is 0 Å². The van der Waals surface area contributed by atoms with Gasteiger partial charge in [0.25, 0.3) is 0 Å². The summed E-state index contributed by atoms with van der Waals surface area (Å²) in [5.74, 6) is -0.761. The zero-order valence-electron chi connectivity index (χ0n) is 10.6. The van der Waals surface area contributed by atoms with Gasteiger partial charge in [0, 0.05) is 25.9 Å². The van der Waals surface area contributed by atoms with Gasteiger partial charge in [0.05, 0.1) is 0 Å². The summed E-state index contributed by atoms with van der Waals surface area (Å²) in [7, 11) is 0. The van der Waals surface area contributed by atoms with Crippen molar-refractivity contribution in [2.24, 2.45) is 0 Å². The van der Waals surface area contributed by atoms with Crippen molar-refractivity contribution in [2.45, 2.75) is 32.7 Å². The second-order valence-electron chi connectivity index (χ2n) is 4.15. The van der Waals surface area contributed by atoms with E-state index in [1.807, 2.05) is 37.3 Å². The Morgan fingerprint density at radius 3 is 2.44 bits per heavy atom. The van der Waals surface area contributed by atoms with Gasteiger partial charge in [-0.05, 0) is 12.0 Å².